The van der Waals surface area contributed by atoms with Crippen LogP contribution in [0.15, 0.2) is 12.3 Å². The molecule has 0 aliphatic rings. The van der Waals surface area contributed by atoms with Gasteiger partial charge in [-0.3, -0.25) is 0 Å². The third-order valence-corrected chi connectivity index (χ3v) is 3.97. The highest BCUT2D eigenvalue weighted by atomic mass is 15.0. The first-order valence-corrected chi connectivity index (χ1v) is 6.48. The standard InChI is InChI=1S/C16H23N/c1-10(2)9-17-8-7-15-13(5)11(3)12(4)14(6)16(15)17/h7-8,10H,9H2,1-6H3. The van der Waals surface area contributed by atoms with Gasteiger partial charge in [0.25, 0.3) is 0 Å². The van der Waals surface area contributed by atoms with Crippen LogP contribution in [-0.2, 0) is 6.54 Å². The summed E-state index contributed by atoms with van der Waals surface area (Å²) in [5, 5.41) is 1.42. The van der Waals surface area contributed by atoms with Crippen LogP contribution in [0.1, 0.15) is 36.1 Å². The van der Waals surface area contributed by atoms with E-state index in [4.69, 9.17) is 0 Å². The zero-order valence-electron chi connectivity index (χ0n) is 11.9. The van der Waals surface area contributed by atoms with Gasteiger partial charge in [0.05, 0.1) is 5.52 Å². The molecule has 0 N–H and O–H groups in total. The largest absolute Gasteiger partial charge is 0.347 e. The molecule has 0 amide bonds. The lowest BCUT2D eigenvalue weighted by molar-refractivity contribution is 0.535. The van der Waals surface area contributed by atoms with E-state index in [1.807, 2.05) is 0 Å². The second kappa shape index (κ2) is 4.21. The highest BCUT2D eigenvalue weighted by molar-refractivity contribution is 5.88. The number of fused-ring (bicyclic) bond motifs is 1. The monoisotopic (exact) mass is 229 g/mol. The molecule has 1 nitrogen and oxygen atoms in total. The Bertz CT molecular complexity index is 559. The van der Waals surface area contributed by atoms with E-state index in [0.717, 1.165) is 6.54 Å². The lowest BCUT2D eigenvalue weighted by Gasteiger charge is -2.15. The Balaban J connectivity index is 2.76. The summed E-state index contributed by atoms with van der Waals surface area (Å²) in [5.74, 6) is 0.687. The minimum atomic E-state index is 0.687. The van der Waals surface area contributed by atoms with E-state index in [0.29, 0.717) is 5.92 Å². The molecule has 0 atom stereocenters. The maximum atomic E-state index is 2.41. The normalized spacial score (nSPS) is 11.7. The molecule has 17 heavy (non-hydrogen) atoms. The minimum absolute atomic E-state index is 0.687. The quantitative estimate of drug-likeness (QED) is 0.713. The van der Waals surface area contributed by atoms with Crippen molar-refractivity contribution >= 4 is 10.9 Å². The summed E-state index contributed by atoms with van der Waals surface area (Å²) in [6.07, 6.45) is 2.24. The van der Waals surface area contributed by atoms with E-state index >= 15 is 0 Å². The number of hydrogen-bond donors (Lipinski definition) is 0. The summed E-state index contributed by atoms with van der Waals surface area (Å²) < 4.78 is 2.41. The van der Waals surface area contributed by atoms with E-state index in [1.54, 1.807) is 0 Å². The Hall–Kier alpha value is -1.24. The average molecular weight is 229 g/mol. The highest BCUT2D eigenvalue weighted by Gasteiger charge is 2.12. The van der Waals surface area contributed by atoms with Gasteiger partial charge < -0.3 is 4.57 Å². The molecule has 0 radical (unpaired) electrons. The van der Waals surface area contributed by atoms with Crippen LogP contribution in [0.25, 0.3) is 10.9 Å². The molecule has 1 aromatic heterocycles. The van der Waals surface area contributed by atoms with Crippen molar-refractivity contribution in [3.05, 3.63) is 34.5 Å². The van der Waals surface area contributed by atoms with Gasteiger partial charge in [-0.2, -0.15) is 0 Å². The van der Waals surface area contributed by atoms with Crippen LogP contribution in [0.5, 0.6) is 0 Å². The van der Waals surface area contributed by atoms with Gasteiger partial charge in [-0.15, -0.1) is 0 Å². The van der Waals surface area contributed by atoms with Gasteiger partial charge in [0, 0.05) is 18.1 Å². The molecule has 0 unspecified atom stereocenters. The Kier molecular flexibility index (Phi) is 3.03. The fourth-order valence-electron chi connectivity index (χ4n) is 2.68. The fraction of sp³-hybridized carbons (Fsp3) is 0.500. The summed E-state index contributed by atoms with van der Waals surface area (Å²) in [4.78, 5) is 0. The zero-order chi connectivity index (χ0) is 12.7. The van der Waals surface area contributed by atoms with Crippen LogP contribution >= 0.6 is 0 Å². The molecule has 0 aliphatic carbocycles. The molecule has 1 heteroatoms. The molecule has 0 saturated heterocycles. The first-order chi connectivity index (χ1) is 7.93. The topological polar surface area (TPSA) is 4.93 Å². The van der Waals surface area contributed by atoms with Crippen molar-refractivity contribution in [1.29, 1.82) is 0 Å². The number of aryl methyl sites for hydroxylation is 2. The first kappa shape index (κ1) is 12.2. The fourth-order valence-corrected chi connectivity index (χ4v) is 2.68. The summed E-state index contributed by atoms with van der Waals surface area (Å²) in [7, 11) is 0. The molecule has 0 bridgehead atoms. The van der Waals surface area contributed by atoms with E-state index in [2.05, 4.69) is 58.4 Å². The molecule has 2 rings (SSSR count). The smallest absolute Gasteiger partial charge is 0.0515 e. The third kappa shape index (κ3) is 1.88. The van der Waals surface area contributed by atoms with Crippen molar-refractivity contribution in [1.82, 2.24) is 4.57 Å². The third-order valence-electron chi connectivity index (χ3n) is 3.97. The second-order valence-electron chi connectivity index (χ2n) is 5.62. The van der Waals surface area contributed by atoms with Crippen LogP contribution in [-0.4, -0.2) is 4.57 Å². The molecule has 92 valence electrons. The van der Waals surface area contributed by atoms with Gasteiger partial charge in [0.15, 0.2) is 0 Å². The summed E-state index contributed by atoms with van der Waals surface area (Å²) >= 11 is 0. The lowest BCUT2D eigenvalue weighted by atomic mass is 9.95. The molecule has 1 heterocycles. The zero-order valence-corrected chi connectivity index (χ0v) is 11.9. The van der Waals surface area contributed by atoms with Crippen LogP contribution in [0, 0.1) is 33.6 Å². The van der Waals surface area contributed by atoms with E-state index in [-0.39, 0.29) is 0 Å². The number of aromatic nitrogens is 1. The Morgan fingerprint density at radius 3 is 2.12 bits per heavy atom. The van der Waals surface area contributed by atoms with Crippen LogP contribution < -0.4 is 0 Å². The van der Waals surface area contributed by atoms with Gasteiger partial charge in [-0.1, -0.05) is 13.8 Å². The second-order valence-corrected chi connectivity index (χ2v) is 5.62. The Morgan fingerprint density at radius 2 is 1.53 bits per heavy atom. The SMILES string of the molecule is Cc1c(C)c(C)c2c(ccn2CC(C)C)c1C. The number of benzene rings is 1. The summed E-state index contributed by atoms with van der Waals surface area (Å²) in [5.41, 5.74) is 7.19. The first-order valence-electron chi connectivity index (χ1n) is 6.48. The molecule has 0 spiro atoms. The van der Waals surface area contributed by atoms with Gasteiger partial charge in [0.2, 0.25) is 0 Å². The summed E-state index contributed by atoms with van der Waals surface area (Å²) in [6, 6.07) is 2.27. The maximum Gasteiger partial charge on any atom is 0.0515 e. The predicted octanol–water partition coefficient (Wildman–Crippen LogP) is 4.53. The molecular formula is C16H23N. The Labute approximate surface area is 104 Å². The molecule has 0 saturated carbocycles. The lowest BCUT2D eigenvalue weighted by Crippen LogP contribution is -2.05. The molecule has 0 fully saturated rings. The van der Waals surface area contributed by atoms with Crippen LogP contribution in [0.4, 0.5) is 0 Å². The number of hydrogen-bond acceptors (Lipinski definition) is 0. The van der Waals surface area contributed by atoms with E-state index < -0.39 is 0 Å². The van der Waals surface area contributed by atoms with Gasteiger partial charge in [-0.25, -0.2) is 0 Å². The van der Waals surface area contributed by atoms with Crippen LogP contribution in [0.3, 0.4) is 0 Å². The molecular weight excluding hydrogens is 206 g/mol. The molecule has 0 aliphatic heterocycles. The van der Waals surface area contributed by atoms with Crippen molar-refractivity contribution < 1.29 is 0 Å². The average Bonchev–Trinajstić information content (AvgIpc) is 2.66. The van der Waals surface area contributed by atoms with E-state index in [1.165, 1.54) is 33.2 Å². The van der Waals surface area contributed by atoms with Crippen molar-refractivity contribution in [2.45, 2.75) is 48.1 Å². The Morgan fingerprint density at radius 1 is 0.941 bits per heavy atom. The number of nitrogens with zero attached hydrogens (tertiary/aromatic N) is 1. The van der Waals surface area contributed by atoms with Crippen molar-refractivity contribution in [2.24, 2.45) is 5.92 Å². The minimum Gasteiger partial charge on any atom is -0.347 e. The van der Waals surface area contributed by atoms with Crippen molar-refractivity contribution in [2.75, 3.05) is 0 Å². The molecule has 1 aromatic carbocycles. The van der Waals surface area contributed by atoms with Gasteiger partial charge in [-0.05, 0) is 61.9 Å². The van der Waals surface area contributed by atoms with Crippen molar-refractivity contribution in [3.63, 3.8) is 0 Å². The van der Waals surface area contributed by atoms with Gasteiger partial charge in [0.1, 0.15) is 0 Å². The number of rotatable bonds is 2. The summed E-state index contributed by atoms with van der Waals surface area (Å²) in [6.45, 7) is 14.6. The molecule has 2 aromatic rings. The van der Waals surface area contributed by atoms with Gasteiger partial charge >= 0.3 is 0 Å². The van der Waals surface area contributed by atoms with Crippen LogP contribution in [0.2, 0.25) is 0 Å². The predicted molar refractivity (Wildman–Crippen MR) is 75.7 cm³/mol. The highest BCUT2D eigenvalue weighted by Crippen LogP contribution is 2.30. The van der Waals surface area contributed by atoms with Crippen molar-refractivity contribution in [3.8, 4) is 0 Å². The maximum absolute atomic E-state index is 2.41. The van der Waals surface area contributed by atoms with E-state index in [9.17, 15) is 0 Å².